The number of piperazine rings is 1. The van der Waals surface area contributed by atoms with Gasteiger partial charge in [-0.3, -0.25) is 0 Å². The molecule has 6 heteroatoms. The molecule has 1 atom stereocenters. The summed E-state index contributed by atoms with van der Waals surface area (Å²) in [5.74, 6) is 0. The van der Waals surface area contributed by atoms with Crippen LogP contribution in [0.3, 0.4) is 0 Å². The molecule has 0 bridgehead atoms. The van der Waals surface area contributed by atoms with E-state index in [1.165, 1.54) is 89.9 Å². The van der Waals surface area contributed by atoms with Crippen molar-refractivity contribution in [3.63, 3.8) is 0 Å². The van der Waals surface area contributed by atoms with Gasteiger partial charge in [-0.05, 0) is 25.5 Å². The molecule has 2 rings (SSSR count). The van der Waals surface area contributed by atoms with Crippen LogP contribution in [0.1, 0.15) is 115 Å². The van der Waals surface area contributed by atoms with Gasteiger partial charge < -0.3 is 17.7 Å². The van der Waals surface area contributed by atoms with Crippen molar-refractivity contribution >= 4 is 10.0 Å². The summed E-state index contributed by atoms with van der Waals surface area (Å²) >= 11 is 0. The zero-order chi connectivity index (χ0) is 23.8. The van der Waals surface area contributed by atoms with E-state index in [1.807, 2.05) is 19.1 Å². The quantitative estimate of drug-likeness (QED) is 0.306. The van der Waals surface area contributed by atoms with Gasteiger partial charge in [0.2, 0.25) is 10.0 Å². The van der Waals surface area contributed by atoms with Crippen LogP contribution in [0.2, 0.25) is 0 Å². The van der Waals surface area contributed by atoms with Crippen LogP contribution < -0.4 is 17.7 Å². The number of aryl methyl sites for hydroxylation is 1. The second kappa shape index (κ2) is 18.6. The van der Waals surface area contributed by atoms with Crippen LogP contribution in [0.5, 0.6) is 0 Å². The minimum Gasteiger partial charge on any atom is -1.00 e. The highest BCUT2D eigenvalue weighted by atomic mass is 35.5. The van der Waals surface area contributed by atoms with E-state index < -0.39 is 10.0 Å². The summed E-state index contributed by atoms with van der Waals surface area (Å²) in [6.07, 6.45) is 21.4. The summed E-state index contributed by atoms with van der Waals surface area (Å²) in [5, 5.41) is 2.27. The Hall–Kier alpha value is -0.620. The zero-order valence-electron chi connectivity index (χ0n) is 21.9. The molecule has 0 spiro atoms. The molecule has 1 fully saturated rings. The van der Waals surface area contributed by atoms with Gasteiger partial charge in [0, 0.05) is 0 Å². The van der Waals surface area contributed by atoms with Crippen molar-refractivity contribution in [2.75, 3.05) is 19.6 Å². The van der Waals surface area contributed by atoms with Crippen molar-refractivity contribution in [2.45, 2.75) is 128 Å². The Labute approximate surface area is 217 Å². The lowest BCUT2D eigenvalue weighted by Gasteiger charge is -2.33. The van der Waals surface area contributed by atoms with E-state index in [1.54, 1.807) is 16.4 Å². The maximum absolute atomic E-state index is 13.2. The van der Waals surface area contributed by atoms with E-state index in [-0.39, 0.29) is 18.4 Å². The lowest BCUT2D eigenvalue weighted by atomic mass is 10.0. The topological polar surface area (TPSA) is 54.0 Å². The van der Waals surface area contributed by atoms with Crippen LogP contribution in [-0.2, 0) is 10.0 Å². The highest BCUT2D eigenvalue weighted by Gasteiger charge is 2.34. The maximum atomic E-state index is 13.2. The third-order valence-corrected chi connectivity index (χ3v) is 9.13. The SMILES string of the molecule is CCCCCCCCCCCCCCCCCC1C[NH2+]CCN1S(=O)(=O)c1ccc(C)cc1.[Cl-]. The van der Waals surface area contributed by atoms with Crippen LogP contribution >= 0.6 is 0 Å². The fourth-order valence-electron chi connectivity index (χ4n) is 5.00. The first-order chi connectivity index (χ1) is 16.1. The molecule has 1 heterocycles. The number of halogens is 1. The van der Waals surface area contributed by atoms with E-state index in [2.05, 4.69) is 12.2 Å². The number of hydrogen-bond acceptors (Lipinski definition) is 2. The summed E-state index contributed by atoms with van der Waals surface area (Å²) in [7, 11) is -3.39. The van der Waals surface area contributed by atoms with E-state index in [0.29, 0.717) is 11.4 Å². The number of unbranched alkanes of at least 4 members (excludes halogenated alkanes) is 14. The number of nitrogens with zero attached hydrogens (tertiary/aromatic N) is 1. The minimum absolute atomic E-state index is 0. The molecule has 198 valence electrons. The van der Waals surface area contributed by atoms with E-state index in [4.69, 9.17) is 0 Å². The molecular weight excluding hydrogens is 464 g/mol. The predicted molar refractivity (Wildman–Crippen MR) is 140 cm³/mol. The summed E-state index contributed by atoms with van der Waals surface area (Å²) in [6.45, 7) is 6.65. The monoisotopic (exact) mass is 514 g/mol. The molecule has 1 unspecified atom stereocenters. The fourth-order valence-corrected chi connectivity index (χ4v) is 6.68. The molecule has 1 aliphatic heterocycles. The summed E-state index contributed by atoms with van der Waals surface area (Å²) in [6, 6.07) is 7.44. The van der Waals surface area contributed by atoms with Crippen molar-refractivity contribution in [1.29, 1.82) is 0 Å². The lowest BCUT2D eigenvalue weighted by molar-refractivity contribution is -0.667. The average Bonchev–Trinajstić information content (AvgIpc) is 2.82. The van der Waals surface area contributed by atoms with Gasteiger partial charge in [0.25, 0.3) is 0 Å². The number of nitrogens with two attached hydrogens (primary N) is 1. The molecule has 0 amide bonds. The molecule has 0 saturated carbocycles. The molecule has 1 aliphatic rings. The maximum Gasteiger partial charge on any atom is 0.243 e. The van der Waals surface area contributed by atoms with Gasteiger partial charge >= 0.3 is 0 Å². The number of benzene rings is 1. The van der Waals surface area contributed by atoms with E-state index in [9.17, 15) is 8.42 Å². The first-order valence-corrected chi connectivity index (χ1v) is 15.4. The van der Waals surface area contributed by atoms with Crippen molar-refractivity contribution in [2.24, 2.45) is 0 Å². The molecule has 0 radical (unpaired) electrons. The van der Waals surface area contributed by atoms with Gasteiger partial charge in [0.1, 0.15) is 0 Å². The molecule has 34 heavy (non-hydrogen) atoms. The second-order valence-electron chi connectivity index (χ2n) is 10.1. The summed E-state index contributed by atoms with van der Waals surface area (Å²) < 4.78 is 28.1. The zero-order valence-corrected chi connectivity index (χ0v) is 23.5. The molecule has 0 aromatic heterocycles. The number of hydrogen-bond donors (Lipinski definition) is 1. The molecule has 1 aromatic carbocycles. The Morgan fingerprint density at radius 2 is 1.26 bits per heavy atom. The number of sulfonamides is 1. The van der Waals surface area contributed by atoms with Gasteiger partial charge in [-0.15, -0.1) is 0 Å². The fraction of sp³-hybridized carbons (Fsp3) is 0.786. The molecule has 1 saturated heterocycles. The van der Waals surface area contributed by atoms with Gasteiger partial charge in [0.15, 0.2) is 0 Å². The second-order valence-corrected chi connectivity index (χ2v) is 12.0. The molecule has 0 aliphatic carbocycles. The Bertz CT molecular complexity index is 724. The summed E-state index contributed by atoms with van der Waals surface area (Å²) in [5.41, 5.74) is 1.09. The predicted octanol–water partition coefficient (Wildman–Crippen LogP) is 3.20. The number of rotatable bonds is 18. The van der Waals surface area contributed by atoms with Gasteiger partial charge in [-0.1, -0.05) is 121 Å². The molecule has 2 N–H and O–H groups in total. The first kappa shape index (κ1) is 31.4. The smallest absolute Gasteiger partial charge is 0.243 e. The standard InChI is InChI=1S/C28H50N2O2S.ClH/c1-3-4-5-6-7-8-9-10-11-12-13-14-15-16-17-18-27-25-29-23-24-30(27)33(31,32)28-21-19-26(2)20-22-28;/h19-22,27,29H,3-18,23-25H2,1-2H3;1H. The minimum atomic E-state index is -3.39. The van der Waals surface area contributed by atoms with Crippen LogP contribution in [0.4, 0.5) is 0 Å². The van der Waals surface area contributed by atoms with Crippen LogP contribution in [0.15, 0.2) is 29.2 Å². The normalized spacial score (nSPS) is 16.9. The average molecular weight is 515 g/mol. The van der Waals surface area contributed by atoms with Gasteiger partial charge in [0.05, 0.1) is 30.6 Å². The van der Waals surface area contributed by atoms with Crippen molar-refractivity contribution in [1.82, 2.24) is 4.31 Å². The van der Waals surface area contributed by atoms with Crippen molar-refractivity contribution in [3.05, 3.63) is 29.8 Å². The third-order valence-electron chi connectivity index (χ3n) is 7.17. The van der Waals surface area contributed by atoms with E-state index >= 15 is 0 Å². The van der Waals surface area contributed by atoms with Crippen molar-refractivity contribution in [3.8, 4) is 0 Å². The first-order valence-electron chi connectivity index (χ1n) is 14.0. The van der Waals surface area contributed by atoms with E-state index in [0.717, 1.165) is 31.5 Å². The molecule has 4 nitrogen and oxygen atoms in total. The largest absolute Gasteiger partial charge is 1.00 e. The Morgan fingerprint density at radius 1 is 0.794 bits per heavy atom. The Balaban J connectivity index is 0.00000578. The lowest BCUT2D eigenvalue weighted by Crippen LogP contribution is -3.00. The highest BCUT2D eigenvalue weighted by Crippen LogP contribution is 2.22. The van der Waals surface area contributed by atoms with Gasteiger partial charge in [-0.25, -0.2) is 8.42 Å². The Kier molecular flexibility index (Phi) is 17.2. The summed E-state index contributed by atoms with van der Waals surface area (Å²) in [4.78, 5) is 0.441. The van der Waals surface area contributed by atoms with Crippen LogP contribution in [0, 0.1) is 6.92 Å². The van der Waals surface area contributed by atoms with Crippen molar-refractivity contribution < 1.29 is 26.1 Å². The number of quaternary nitrogens is 1. The molecular formula is C28H51ClN2O2S. The highest BCUT2D eigenvalue weighted by molar-refractivity contribution is 7.89. The third kappa shape index (κ3) is 11.9. The Morgan fingerprint density at radius 3 is 1.76 bits per heavy atom. The van der Waals surface area contributed by atoms with Gasteiger partial charge in [-0.2, -0.15) is 4.31 Å². The van der Waals surface area contributed by atoms with Crippen LogP contribution in [-0.4, -0.2) is 38.4 Å². The molecule has 1 aromatic rings. The van der Waals surface area contributed by atoms with Crippen LogP contribution in [0.25, 0.3) is 0 Å².